The maximum absolute atomic E-state index is 8.31. The molecule has 1 rings (SSSR count). The second kappa shape index (κ2) is 3.82. The Bertz CT molecular complexity index is 329. The third-order valence-electron chi connectivity index (χ3n) is 1.19. The molecule has 6 heteroatoms. The van der Waals surface area contributed by atoms with E-state index in [1.807, 2.05) is 0 Å². The number of oxime groups is 1. The molecule has 1 N–H and O–H groups in total. The van der Waals surface area contributed by atoms with E-state index in [9.17, 15) is 0 Å². The zero-order valence-corrected chi connectivity index (χ0v) is 8.46. The first-order valence-electron chi connectivity index (χ1n) is 3.02. The van der Waals surface area contributed by atoms with Crippen LogP contribution in [-0.4, -0.2) is 20.3 Å². The molecule has 0 aliphatic rings. The van der Waals surface area contributed by atoms with Crippen LogP contribution in [0.15, 0.2) is 15.8 Å². The molecule has 0 saturated heterocycles. The molecule has 0 aliphatic heterocycles. The normalized spacial score (nSPS) is 11.8. The molecule has 1 aromatic rings. The van der Waals surface area contributed by atoms with Gasteiger partial charge in [-0.1, -0.05) is 16.8 Å². The minimum atomic E-state index is -0.120. The van der Waals surface area contributed by atoms with E-state index in [0.29, 0.717) is 0 Å². The Kier molecular flexibility index (Phi) is 2.99. The summed E-state index contributed by atoms with van der Waals surface area (Å²) in [5.74, 6) is 0.208. The third-order valence-corrected chi connectivity index (χ3v) is 2.21. The van der Waals surface area contributed by atoms with Crippen LogP contribution in [0.5, 0.6) is 0 Å². The van der Waals surface area contributed by atoms with Crippen molar-refractivity contribution in [1.29, 1.82) is 0 Å². The van der Waals surface area contributed by atoms with Crippen molar-refractivity contribution in [3.8, 4) is 0 Å². The second-order valence-electron chi connectivity index (χ2n) is 2.02. The number of aryl methyl sites for hydroxylation is 1. The van der Waals surface area contributed by atoms with Crippen LogP contribution < -0.4 is 0 Å². The summed E-state index contributed by atoms with van der Waals surface area (Å²) in [6.45, 7) is 1.79. The fourth-order valence-electron chi connectivity index (χ4n) is 0.596. The van der Waals surface area contributed by atoms with Crippen molar-refractivity contribution in [2.45, 2.75) is 6.92 Å². The minimum Gasteiger partial charge on any atom is -0.410 e. The molecule has 0 bridgehead atoms. The molecule has 0 atom stereocenters. The highest BCUT2D eigenvalue weighted by atomic mass is 79.9. The molecule has 0 fully saturated rings. The molecule has 1 aromatic heterocycles. The fraction of sp³-hybridized carbons (Fsp3) is 0.167. The number of hydrogen-bond donors (Lipinski definition) is 1. The maximum atomic E-state index is 8.31. The van der Waals surface area contributed by atoms with Gasteiger partial charge in [0.25, 0.3) is 0 Å². The number of hydrogen-bond acceptors (Lipinski definition) is 4. The summed E-state index contributed by atoms with van der Waals surface area (Å²) in [6.07, 6.45) is 1.55. The molecule has 4 nitrogen and oxygen atoms in total. The SMILES string of the molecule is Cc1nc(C(Cl)=NO)ncc1Br. The van der Waals surface area contributed by atoms with Gasteiger partial charge in [-0.3, -0.25) is 0 Å². The predicted octanol–water partition coefficient (Wildman–Crippen LogP) is 1.92. The summed E-state index contributed by atoms with van der Waals surface area (Å²) in [7, 11) is 0. The standard InChI is InChI=1S/C6H5BrClN3O/c1-3-4(7)2-9-6(10-3)5(8)11-12/h2,12H,1H3. The molecule has 0 radical (unpaired) electrons. The van der Waals surface area contributed by atoms with Crippen molar-refractivity contribution < 1.29 is 5.21 Å². The zero-order chi connectivity index (χ0) is 9.14. The summed E-state index contributed by atoms with van der Waals surface area (Å²) >= 11 is 8.70. The van der Waals surface area contributed by atoms with E-state index < -0.39 is 0 Å². The van der Waals surface area contributed by atoms with Gasteiger partial charge < -0.3 is 5.21 Å². The van der Waals surface area contributed by atoms with Crippen LogP contribution in [-0.2, 0) is 0 Å². The molecule has 0 spiro atoms. The Morgan fingerprint density at radius 1 is 1.75 bits per heavy atom. The van der Waals surface area contributed by atoms with Crippen LogP contribution in [0.1, 0.15) is 11.5 Å². The molecule has 0 saturated carbocycles. The van der Waals surface area contributed by atoms with E-state index in [2.05, 4.69) is 31.1 Å². The summed E-state index contributed by atoms with van der Waals surface area (Å²) in [6, 6.07) is 0. The average molecular weight is 250 g/mol. The monoisotopic (exact) mass is 249 g/mol. The van der Waals surface area contributed by atoms with Gasteiger partial charge in [0, 0.05) is 6.20 Å². The fourth-order valence-corrected chi connectivity index (χ4v) is 0.879. The van der Waals surface area contributed by atoms with Crippen molar-refractivity contribution in [3.63, 3.8) is 0 Å². The average Bonchev–Trinajstić information content (AvgIpc) is 2.08. The minimum absolute atomic E-state index is 0.120. The highest BCUT2D eigenvalue weighted by Gasteiger charge is 2.05. The predicted molar refractivity (Wildman–Crippen MR) is 48.6 cm³/mol. The van der Waals surface area contributed by atoms with Gasteiger partial charge in [-0.15, -0.1) is 0 Å². The van der Waals surface area contributed by atoms with Crippen molar-refractivity contribution in [2.24, 2.45) is 5.16 Å². The largest absolute Gasteiger partial charge is 0.410 e. The Morgan fingerprint density at radius 3 is 2.92 bits per heavy atom. The highest BCUT2D eigenvalue weighted by Crippen LogP contribution is 2.12. The highest BCUT2D eigenvalue weighted by molar-refractivity contribution is 9.10. The first-order chi connectivity index (χ1) is 5.65. The molecule has 12 heavy (non-hydrogen) atoms. The Morgan fingerprint density at radius 2 is 2.42 bits per heavy atom. The number of rotatable bonds is 1. The summed E-state index contributed by atoms with van der Waals surface area (Å²) in [4.78, 5) is 7.79. The molecule has 1 heterocycles. The zero-order valence-electron chi connectivity index (χ0n) is 6.12. The number of nitrogens with zero attached hydrogens (tertiary/aromatic N) is 3. The van der Waals surface area contributed by atoms with Gasteiger partial charge in [0.1, 0.15) is 0 Å². The molecule has 0 amide bonds. The quantitative estimate of drug-likeness (QED) is 0.471. The van der Waals surface area contributed by atoms with Crippen LogP contribution in [0, 0.1) is 6.92 Å². The molecular formula is C6H5BrClN3O. The molecule has 0 unspecified atom stereocenters. The summed E-state index contributed by atoms with van der Waals surface area (Å²) < 4.78 is 0.786. The summed E-state index contributed by atoms with van der Waals surface area (Å²) in [5.41, 5.74) is 0.738. The Hall–Kier alpha value is -0.680. The second-order valence-corrected chi connectivity index (χ2v) is 3.23. The topological polar surface area (TPSA) is 58.4 Å². The van der Waals surface area contributed by atoms with E-state index in [1.54, 1.807) is 13.1 Å². The number of aromatic nitrogens is 2. The van der Waals surface area contributed by atoms with Gasteiger partial charge in [-0.05, 0) is 22.9 Å². The summed E-state index contributed by atoms with van der Waals surface area (Å²) in [5, 5.41) is 11.0. The van der Waals surface area contributed by atoms with Gasteiger partial charge in [0.15, 0.2) is 5.82 Å². The first-order valence-corrected chi connectivity index (χ1v) is 4.19. The molecule has 64 valence electrons. The lowest BCUT2D eigenvalue weighted by atomic mass is 10.4. The lowest BCUT2D eigenvalue weighted by Crippen LogP contribution is -2.01. The first kappa shape index (κ1) is 9.41. The lowest BCUT2D eigenvalue weighted by molar-refractivity contribution is 0.320. The van der Waals surface area contributed by atoms with E-state index in [4.69, 9.17) is 16.8 Å². The molecular weight excluding hydrogens is 245 g/mol. The van der Waals surface area contributed by atoms with Crippen molar-refractivity contribution in [2.75, 3.05) is 0 Å². The van der Waals surface area contributed by atoms with Crippen LogP contribution in [0.25, 0.3) is 0 Å². The van der Waals surface area contributed by atoms with E-state index in [0.717, 1.165) is 10.2 Å². The van der Waals surface area contributed by atoms with Crippen LogP contribution in [0.3, 0.4) is 0 Å². The Balaban J connectivity index is 3.13. The van der Waals surface area contributed by atoms with Gasteiger partial charge in [0.2, 0.25) is 5.17 Å². The van der Waals surface area contributed by atoms with E-state index in [1.165, 1.54) is 0 Å². The third kappa shape index (κ3) is 1.92. The van der Waals surface area contributed by atoms with Crippen molar-refractivity contribution in [3.05, 3.63) is 22.2 Å². The van der Waals surface area contributed by atoms with Crippen molar-refractivity contribution >= 4 is 32.7 Å². The number of halogens is 2. The van der Waals surface area contributed by atoms with E-state index >= 15 is 0 Å². The van der Waals surface area contributed by atoms with Crippen LogP contribution in [0.2, 0.25) is 0 Å². The molecule has 0 aliphatic carbocycles. The van der Waals surface area contributed by atoms with Crippen LogP contribution >= 0.6 is 27.5 Å². The lowest BCUT2D eigenvalue weighted by Gasteiger charge is -1.98. The van der Waals surface area contributed by atoms with Crippen molar-refractivity contribution in [1.82, 2.24) is 9.97 Å². The van der Waals surface area contributed by atoms with Gasteiger partial charge in [-0.25, -0.2) is 9.97 Å². The van der Waals surface area contributed by atoms with E-state index in [-0.39, 0.29) is 11.0 Å². The van der Waals surface area contributed by atoms with Gasteiger partial charge in [0.05, 0.1) is 10.2 Å². The van der Waals surface area contributed by atoms with Crippen LogP contribution in [0.4, 0.5) is 0 Å². The maximum Gasteiger partial charge on any atom is 0.212 e. The van der Waals surface area contributed by atoms with Gasteiger partial charge >= 0.3 is 0 Å². The Labute approximate surface area is 82.4 Å². The smallest absolute Gasteiger partial charge is 0.212 e. The molecule has 0 aromatic carbocycles. The van der Waals surface area contributed by atoms with Gasteiger partial charge in [-0.2, -0.15) is 0 Å².